The normalized spacial score (nSPS) is 10.6. The summed E-state index contributed by atoms with van der Waals surface area (Å²) in [5.74, 6) is 0.801. The molecule has 0 saturated carbocycles. The molecule has 1 amide bonds. The van der Waals surface area contributed by atoms with Crippen LogP contribution in [0.5, 0.6) is 5.75 Å². The van der Waals surface area contributed by atoms with Gasteiger partial charge in [0.1, 0.15) is 12.4 Å². The second-order valence-corrected chi connectivity index (χ2v) is 7.22. The number of aryl methyl sites for hydroxylation is 2. The van der Waals surface area contributed by atoms with Gasteiger partial charge >= 0.3 is 0 Å². The summed E-state index contributed by atoms with van der Waals surface area (Å²) in [7, 11) is 0. The fourth-order valence-electron chi connectivity index (χ4n) is 2.63. The van der Waals surface area contributed by atoms with Gasteiger partial charge in [-0.3, -0.25) is 4.79 Å². The van der Waals surface area contributed by atoms with Crippen LogP contribution in [0.25, 0.3) is 0 Å². The maximum Gasteiger partial charge on any atom is 0.265 e. The Balaban J connectivity index is 1.61. The Kier molecular flexibility index (Phi) is 5.74. The van der Waals surface area contributed by atoms with Crippen molar-refractivity contribution in [3.63, 3.8) is 0 Å². The molecule has 0 aliphatic carbocycles. The van der Waals surface area contributed by atoms with Crippen LogP contribution in [0.15, 0.2) is 53.9 Å². The van der Waals surface area contributed by atoms with Crippen molar-refractivity contribution < 1.29 is 9.53 Å². The molecule has 0 bridgehead atoms. The Bertz CT molecular complexity index is 897. The van der Waals surface area contributed by atoms with Gasteiger partial charge in [0.25, 0.3) is 5.91 Å². The lowest BCUT2D eigenvalue weighted by Gasteiger charge is -2.09. The molecule has 3 rings (SSSR count). The van der Waals surface area contributed by atoms with E-state index in [0.717, 1.165) is 29.0 Å². The summed E-state index contributed by atoms with van der Waals surface area (Å²) in [6.07, 6.45) is 0.989. The van der Waals surface area contributed by atoms with Gasteiger partial charge in [0, 0.05) is 11.3 Å². The molecule has 3 nitrogen and oxygen atoms in total. The molecular formula is C22H23NO2S. The minimum Gasteiger partial charge on any atom is -0.489 e. The molecule has 0 aliphatic rings. The first-order valence-electron chi connectivity index (χ1n) is 8.73. The Hall–Kier alpha value is -2.59. The van der Waals surface area contributed by atoms with Crippen LogP contribution in [-0.2, 0) is 13.0 Å². The molecule has 0 unspecified atom stereocenters. The number of carbonyl (C=O) groups is 1. The molecule has 1 N–H and O–H groups in total. The summed E-state index contributed by atoms with van der Waals surface area (Å²) >= 11 is 1.44. The van der Waals surface area contributed by atoms with Crippen molar-refractivity contribution >= 4 is 22.9 Å². The number of ether oxygens (including phenoxy) is 1. The first kappa shape index (κ1) is 18.2. The van der Waals surface area contributed by atoms with Crippen LogP contribution in [0.1, 0.15) is 38.8 Å². The number of nitrogens with one attached hydrogen (secondary N) is 1. The van der Waals surface area contributed by atoms with E-state index in [1.807, 2.05) is 47.8 Å². The van der Waals surface area contributed by atoms with Crippen molar-refractivity contribution in [3.8, 4) is 5.75 Å². The largest absolute Gasteiger partial charge is 0.489 e. The summed E-state index contributed by atoms with van der Waals surface area (Å²) in [6, 6.07) is 15.9. The monoisotopic (exact) mass is 365 g/mol. The third-order valence-corrected chi connectivity index (χ3v) is 5.42. The van der Waals surface area contributed by atoms with Gasteiger partial charge in [-0.15, -0.1) is 11.3 Å². The van der Waals surface area contributed by atoms with E-state index in [4.69, 9.17) is 4.74 Å². The molecule has 4 heteroatoms. The summed E-state index contributed by atoms with van der Waals surface area (Å²) in [4.78, 5) is 13.1. The van der Waals surface area contributed by atoms with E-state index in [9.17, 15) is 4.79 Å². The first-order chi connectivity index (χ1) is 12.6. The molecule has 26 heavy (non-hydrogen) atoms. The lowest BCUT2D eigenvalue weighted by atomic mass is 10.1. The molecule has 1 heterocycles. The fourth-order valence-corrected chi connectivity index (χ4v) is 3.42. The highest BCUT2D eigenvalue weighted by molar-refractivity contribution is 7.12. The number of amides is 1. The van der Waals surface area contributed by atoms with E-state index >= 15 is 0 Å². The van der Waals surface area contributed by atoms with Crippen LogP contribution < -0.4 is 10.1 Å². The van der Waals surface area contributed by atoms with E-state index < -0.39 is 0 Å². The molecule has 0 spiro atoms. The molecular weight excluding hydrogens is 342 g/mol. The third kappa shape index (κ3) is 4.33. The van der Waals surface area contributed by atoms with Gasteiger partial charge in [-0.2, -0.15) is 0 Å². The third-order valence-electron chi connectivity index (χ3n) is 4.45. The zero-order valence-electron chi connectivity index (χ0n) is 15.3. The van der Waals surface area contributed by atoms with Crippen molar-refractivity contribution in [2.45, 2.75) is 33.8 Å². The van der Waals surface area contributed by atoms with Gasteiger partial charge in [-0.05, 0) is 66.6 Å². The molecule has 0 atom stereocenters. The topological polar surface area (TPSA) is 38.3 Å². The second-order valence-electron chi connectivity index (χ2n) is 6.31. The smallest absolute Gasteiger partial charge is 0.265 e. The average Bonchev–Trinajstić information content (AvgIpc) is 3.13. The molecule has 0 saturated heterocycles. The molecule has 134 valence electrons. The SMILES string of the molecule is CCc1ccc(NC(=O)c2cc(COc3cccc(C)c3C)cs2)cc1. The average molecular weight is 365 g/mol. The maximum atomic E-state index is 12.4. The zero-order valence-corrected chi connectivity index (χ0v) is 16.2. The van der Waals surface area contributed by atoms with Crippen LogP contribution >= 0.6 is 11.3 Å². The van der Waals surface area contributed by atoms with Gasteiger partial charge in [0.15, 0.2) is 0 Å². The lowest BCUT2D eigenvalue weighted by Crippen LogP contribution is -2.10. The molecule has 0 aliphatic heterocycles. The second kappa shape index (κ2) is 8.19. The summed E-state index contributed by atoms with van der Waals surface area (Å²) in [5.41, 5.74) is 5.43. The zero-order chi connectivity index (χ0) is 18.5. The summed E-state index contributed by atoms with van der Waals surface area (Å²) in [5, 5.41) is 4.92. The minimum absolute atomic E-state index is 0.0859. The van der Waals surface area contributed by atoms with Gasteiger partial charge < -0.3 is 10.1 Å². The van der Waals surface area contributed by atoms with Crippen LogP contribution in [0.4, 0.5) is 5.69 Å². The molecule has 2 aromatic carbocycles. The van der Waals surface area contributed by atoms with Gasteiger partial charge in [-0.25, -0.2) is 0 Å². The predicted molar refractivity (Wildman–Crippen MR) is 108 cm³/mol. The first-order valence-corrected chi connectivity index (χ1v) is 9.61. The number of thiophene rings is 1. The van der Waals surface area contributed by atoms with Crippen molar-refractivity contribution in [1.29, 1.82) is 0 Å². The van der Waals surface area contributed by atoms with Crippen molar-refractivity contribution in [3.05, 3.63) is 81.0 Å². The number of hydrogen-bond donors (Lipinski definition) is 1. The van der Waals surface area contributed by atoms with Crippen LogP contribution in [0, 0.1) is 13.8 Å². The number of anilines is 1. The number of benzene rings is 2. The van der Waals surface area contributed by atoms with Crippen molar-refractivity contribution in [2.75, 3.05) is 5.32 Å². The van der Waals surface area contributed by atoms with E-state index in [0.29, 0.717) is 11.5 Å². The quantitative estimate of drug-likeness (QED) is 0.603. The summed E-state index contributed by atoms with van der Waals surface area (Å²) < 4.78 is 5.92. The van der Waals surface area contributed by atoms with Crippen LogP contribution in [0.2, 0.25) is 0 Å². The molecule has 0 radical (unpaired) electrons. The highest BCUT2D eigenvalue weighted by Gasteiger charge is 2.10. The van der Waals surface area contributed by atoms with Gasteiger partial charge in [0.05, 0.1) is 4.88 Å². The van der Waals surface area contributed by atoms with Crippen molar-refractivity contribution in [1.82, 2.24) is 0 Å². The van der Waals surface area contributed by atoms with Crippen LogP contribution in [-0.4, -0.2) is 5.91 Å². The van der Waals surface area contributed by atoms with E-state index in [2.05, 4.69) is 32.2 Å². The van der Waals surface area contributed by atoms with E-state index in [1.165, 1.54) is 22.5 Å². The Morgan fingerprint density at radius 2 is 1.85 bits per heavy atom. The lowest BCUT2D eigenvalue weighted by molar-refractivity contribution is 0.103. The van der Waals surface area contributed by atoms with Gasteiger partial charge in [0.2, 0.25) is 0 Å². The Labute approximate surface area is 158 Å². The standard InChI is InChI=1S/C22H23NO2S/c1-4-17-8-10-19(11-9-17)23-22(24)21-12-18(14-26-21)13-25-20-7-5-6-15(2)16(20)3/h5-12,14H,4,13H2,1-3H3,(H,23,24). The highest BCUT2D eigenvalue weighted by atomic mass is 32.1. The maximum absolute atomic E-state index is 12.4. The predicted octanol–water partition coefficient (Wildman–Crippen LogP) is 5.76. The Morgan fingerprint density at radius 1 is 1.08 bits per heavy atom. The molecule has 0 fully saturated rings. The van der Waals surface area contributed by atoms with E-state index in [1.54, 1.807) is 0 Å². The van der Waals surface area contributed by atoms with Gasteiger partial charge in [-0.1, -0.05) is 31.2 Å². The minimum atomic E-state index is -0.0859. The number of carbonyl (C=O) groups excluding carboxylic acids is 1. The number of rotatable bonds is 6. The molecule has 3 aromatic rings. The molecule has 1 aromatic heterocycles. The van der Waals surface area contributed by atoms with E-state index in [-0.39, 0.29) is 5.91 Å². The van der Waals surface area contributed by atoms with Crippen LogP contribution in [0.3, 0.4) is 0 Å². The number of hydrogen-bond acceptors (Lipinski definition) is 3. The Morgan fingerprint density at radius 3 is 2.58 bits per heavy atom. The summed E-state index contributed by atoms with van der Waals surface area (Å²) in [6.45, 7) is 6.70. The fraction of sp³-hybridized carbons (Fsp3) is 0.227. The highest BCUT2D eigenvalue weighted by Crippen LogP contribution is 2.23. The van der Waals surface area contributed by atoms with Crippen molar-refractivity contribution in [2.24, 2.45) is 0 Å².